The number of fused-ring (bicyclic) bond motifs is 3. The molecule has 5 nitrogen and oxygen atoms in total. The van der Waals surface area contributed by atoms with Gasteiger partial charge in [0.2, 0.25) is 0 Å². The van der Waals surface area contributed by atoms with Gasteiger partial charge in [-0.3, -0.25) is 0 Å². The van der Waals surface area contributed by atoms with Crippen molar-refractivity contribution < 1.29 is 9.13 Å². The quantitative estimate of drug-likeness (QED) is 0.773. The Morgan fingerprint density at radius 1 is 1.22 bits per heavy atom. The van der Waals surface area contributed by atoms with Gasteiger partial charge in [-0.1, -0.05) is 0 Å². The average molecular weight is 312 g/mol. The number of aryl methyl sites for hydroxylation is 2. The smallest absolute Gasteiger partial charge is 0.143 e. The van der Waals surface area contributed by atoms with Crippen molar-refractivity contribution in [2.75, 3.05) is 12.4 Å². The van der Waals surface area contributed by atoms with Gasteiger partial charge >= 0.3 is 0 Å². The van der Waals surface area contributed by atoms with Crippen molar-refractivity contribution in [3.8, 4) is 5.75 Å². The number of halogens is 1. The Labute approximate surface area is 132 Å². The van der Waals surface area contributed by atoms with E-state index >= 15 is 0 Å². The van der Waals surface area contributed by atoms with Gasteiger partial charge < -0.3 is 15.0 Å². The molecule has 0 aliphatic heterocycles. The molecule has 23 heavy (non-hydrogen) atoms. The second-order valence-corrected chi connectivity index (χ2v) is 5.70. The Bertz CT molecular complexity index is 874. The van der Waals surface area contributed by atoms with Crippen LogP contribution in [0.25, 0.3) is 11.0 Å². The molecule has 0 radical (unpaired) electrons. The van der Waals surface area contributed by atoms with Gasteiger partial charge in [-0.25, -0.2) is 14.4 Å². The van der Waals surface area contributed by atoms with Crippen molar-refractivity contribution in [2.24, 2.45) is 0 Å². The normalized spacial score (nSPS) is 13.8. The molecule has 0 amide bonds. The minimum atomic E-state index is -0.324. The topological polar surface area (TPSA) is 62.8 Å². The van der Waals surface area contributed by atoms with Crippen molar-refractivity contribution in [3.63, 3.8) is 0 Å². The summed E-state index contributed by atoms with van der Waals surface area (Å²) in [4.78, 5) is 12.1. The van der Waals surface area contributed by atoms with Crippen molar-refractivity contribution in [3.05, 3.63) is 41.6 Å². The molecule has 2 N–H and O–H groups in total. The number of H-pyrrole nitrogens is 1. The highest BCUT2D eigenvalue weighted by atomic mass is 19.1. The summed E-state index contributed by atoms with van der Waals surface area (Å²) < 4.78 is 18.9. The van der Waals surface area contributed by atoms with Crippen LogP contribution in [0.5, 0.6) is 5.75 Å². The van der Waals surface area contributed by atoms with E-state index in [-0.39, 0.29) is 5.82 Å². The first-order valence-electron chi connectivity index (χ1n) is 7.71. The highest BCUT2D eigenvalue weighted by Gasteiger charge is 2.20. The number of benzene rings is 1. The molecule has 0 saturated carbocycles. The molecule has 0 saturated heterocycles. The zero-order chi connectivity index (χ0) is 15.8. The zero-order valence-electron chi connectivity index (χ0n) is 12.8. The molecule has 0 fully saturated rings. The number of anilines is 2. The number of nitrogens with one attached hydrogen (secondary N) is 2. The van der Waals surface area contributed by atoms with E-state index in [0.717, 1.165) is 30.3 Å². The maximum Gasteiger partial charge on any atom is 0.143 e. The predicted molar refractivity (Wildman–Crippen MR) is 86.8 cm³/mol. The number of hydrogen-bond donors (Lipinski definition) is 2. The minimum absolute atomic E-state index is 0.324. The summed E-state index contributed by atoms with van der Waals surface area (Å²) in [6, 6.07) is 4.38. The van der Waals surface area contributed by atoms with E-state index in [2.05, 4.69) is 20.3 Å². The highest BCUT2D eigenvalue weighted by molar-refractivity contribution is 5.93. The maximum absolute atomic E-state index is 13.6. The van der Waals surface area contributed by atoms with Gasteiger partial charge in [-0.2, -0.15) is 0 Å². The molecule has 1 aliphatic carbocycles. The Balaban J connectivity index is 1.83. The van der Waals surface area contributed by atoms with E-state index in [0.29, 0.717) is 17.3 Å². The maximum atomic E-state index is 13.6. The minimum Gasteiger partial charge on any atom is -0.495 e. The fraction of sp³-hybridized carbons (Fsp3) is 0.294. The molecule has 1 aliphatic rings. The fourth-order valence-electron chi connectivity index (χ4n) is 3.23. The summed E-state index contributed by atoms with van der Waals surface area (Å²) in [6.07, 6.45) is 5.91. The van der Waals surface area contributed by atoms with E-state index in [1.54, 1.807) is 13.2 Å². The van der Waals surface area contributed by atoms with Crippen LogP contribution in [0.4, 0.5) is 15.9 Å². The lowest BCUT2D eigenvalue weighted by Crippen LogP contribution is -2.02. The van der Waals surface area contributed by atoms with E-state index in [1.165, 1.54) is 36.1 Å². The van der Waals surface area contributed by atoms with E-state index in [9.17, 15) is 4.39 Å². The number of ether oxygens (including phenoxy) is 1. The van der Waals surface area contributed by atoms with Crippen LogP contribution in [0.3, 0.4) is 0 Å². The van der Waals surface area contributed by atoms with Gasteiger partial charge in [0.15, 0.2) is 0 Å². The van der Waals surface area contributed by atoms with Gasteiger partial charge in [0.05, 0.1) is 18.2 Å². The highest BCUT2D eigenvalue weighted by Crippen LogP contribution is 2.35. The van der Waals surface area contributed by atoms with Crippen LogP contribution < -0.4 is 10.1 Å². The van der Waals surface area contributed by atoms with E-state index in [4.69, 9.17) is 4.74 Å². The van der Waals surface area contributed by atoms with Crippen LogP contribution in [0.15, 0.2) is 24.5 Å². The van der Waals surface area contributed by atoms with Gasteiger partial charge in [0.25, 0.3) is 0 Å². The van der Waals surface area contributed by atoms with Gasteiger partial charge in [-0.15, -0.1) is 0 Å². The van der Waals surface area contributed by atoms with Gasteiger partial charge in [-0.05, 0) is 43.4 Å². The third-order valence-corrected chi connectivity index (χ3v) is 4.30. The molecule has 2 aromatic heterocycles. The molecule has 4 rings (SSSR count). The Morgan fingerprint density at radius 2 is 2.09 bits per heavy atom. The molecule has 118 valence electrons. The largest absolute Gasteiger partial charge is 0.495 e. The summed E-state index contributed by atoms with van der Waals surface area (Å²) in [5, 5.41) is 4.20. The molecular formula is C17H17FN4O. The summed E-state index contributed by atoms with van der Waals surface area (Å²) in [7, 11) is 1.56. The number of aromatic amines is 1. The first-order chi connectivity index (χ1) is 11.3. The van der Waals surface area contributed by atoms with Gasteiger partial charge in [0.1, 0.15) is 29.4 Å². The van der Waals surface area contributed by atoms with Crippen molar-refractivity contribution >= 4 is 22.5 Å². The summed E-state index contributed by atoms with van der Waals surface area (Å²) >= 11 is 0. The lowest BCUT2D eigenvalue weighted by molar-refractivity contribution is 0.416. The van der Waals surface area contributed by atoms with E-state index < -0.39 is 0 Å². The molecule has 1 aromatic carbocycles. The molecule has 0 bridgehead atoms. The van der Waals surface area contributed by atoms with Crippen LogP contribution >= 0.6 is 0 Å². The summed E-state index contributed by atoms with van der Waals surface area (Å²) in [5.74, 6) is 0.926. The number of hydrogen-bond acceptors (Lipinski definition) is 4. The summed E-state index contributed by atoms with van der Waals surface area (Å²) in [5.41, 5.74) is 3.88. The van der Waals surface area contributed by atoms with Crippen LogP contribution in [0, 0.1) is 5.82 Å². The monoisotopic (exact) mass is 312 g/mol. The van der Waals surface area contributed by atoms with Crippen LogP contribution in [0.1, 0.15) is 24.1 Å². The van der Waals surface area contributed by atoms with Gasteiger partial charge in [0, 0.05) is 11.8 Å². The first kappa shape index (κ1) is 14.0. The molecule has 6 heteroatoms. The number of rotatable bonds is 3. The Hall–Kier alpha value is -2.63. The number of nitrogens with zero attached hydrogens (tertiary/aromatic N) is 2. The van der Waals surface area contributed by atoms with Crippen molar-refractivity contribution in [2.45, 2.75) is 25.7 Å². The summed E-state index contributed by atoms with van der Waals surface area (Å²) in [6.45, 7) is 0. The SMILES string of the molecule is COc1ccc(F)cc1Nc1ncnc2[nH]c3c(c12)CCCC3. The van der Waals surface area contributed by atoms with Crippen molar-refractivity contribution in [1.82, 2.24) is 15.0 Å². The van der Waals surface area contributed by atoms with Crippen LogP contribution in [0.2, 0.25) is 0 Å². The predicted octanol–water partition coefficient (Wildman–Crippen LogP) is 3.73. The molecule has 3 aromatic rings. The average Bonchev–Trinajstić information content (AvgIpc) is 2.94. The molecule has 0 spiro atoms. The third-order valence-electron chi connectivity index (χ3n) is 4.30. The van der Waals surface area contributed by atoms with Crippen molar-refractivity contribution in [1.29, 1.82) is 0 Å². The second kappa shape index (κ2) is 5.53. The molecular weight excluding hydrogens is 295 g/mol. The lowest BCUT2D eigenvalue weighted by atomic mass is 9.96. The third kappa shape index (κ3) is 2.40. The lowest BCUT2D eigenvalue weighted by Gasteiger charge is -2.13. The molecule has 2 heterocycles. The molecule has 0 unspecified atom stereocenters. The zero-order valence-corrected chi connectivity index (χ0v) is 12.8. The second-order valence-electron chi connectivity index (χ2n) is 5.70. The van der Waals surface area contributed by atoms with Crippen LogP contribution in [-0.2, 0) is 12.8 Å². The Kier molecular flexibility index (Phi) is 3.37. The standard InChI is InChI=1S/C17H17FN4O/c1-23-14-7-6-10(18)8-13(14)22-17-15-11-4-2-3-5-12(11)21-16(15)19-9-20-17/h6-9H,2-5H2,1H3,(H2,19,20,21,22). The van der Waals surface area contributed by atoms with E-state index in [1.807, 2.05) is 0 Å². The first-order valence-corrected chi connectivity index (χ1v) is 7.71. The molecule has 0 atom stereocenters. The number of methoxy groups -OCH3 is 1. The Morgan fingerprint density at radius 3 is 2.96 bits per heavy atom. The fourth-order valence-corrected chi connectivity index (χ4v) is 3.23. The number of aromatic nitrogens is 3. The van der Waals surface area contributed by atoms with Crippen LogP contribution in [-0.4, -0.2) is 22.1 Å².